The smallest absolute Gasteiger partial charge is 0.341 e. The highest BCUT2D eigenvalue weighted by Gasteiger charge is 2.33. The van der Waals surface area contributed by atoms with Crippen molar-refractivity contribution in [1.29, 1.82) is 0 Å². The van der Waals surface area contributed by atoms with Gasteiger partial charge in [0.2, 0.25) is 9.84 Å². The molecule has 8 heteroatoms. The third-order valence-electron chi connectivity index (χ3n) is 5.37. The predicted octanol–water partition coefficient (Wildman–Crippen LogP) is 3.06. The molecule has 1 saturated carbocycles. The molecular weight excluding hydrogens is 392 g/mol. The zero-order valence-corrected chi connectivity index (χ0v) is 17.1. The summed E-state index contributed by atoms with van der Waals surface area (Å²) in [5.41, 5.74) is 0.539. The van der Waals surface area contributed by atoms with Crippen LogP contribution in [0.3, 0.4) is 0 Å². The van der Waals surface area contributed by atoms with E-state index in [9.17, 15) is 18.0 Å². The van der Waals surface area contributed by atoms with Gasteiger partial charge in [-0.2, -0.15) is 0 Å². The number of esters is 1. The molecule has 0 radical (unpaired) electrons. The first-order chi connectivity index (χ1) is 13.8. The summed E-state index contributed by atoms with van der Waals surface area (Å²) < 4.78 is 33.3. The molecule has 0 saturated heterocycles. The monoisotopic (exact) mass is 414 g/mol. The van der Waals surface area contributed by atoms with E-state index in [4.69, 9.17) is 4.74 Å². The Morgan fingerprint density at radius 3 is 2.52 bits per heavy atom. The lowest BCUT2D eigenvalue weighted by Gasteiger charge is -2.18. The second-order valence-electron chi connectivity index (χ2n) is 7.44. The molecule has 1 fully saturated rings. The van der Waals surface area contributed by atoms with Gasteiger partial charge in [-0.15, -0.1) is 0 Å². The van der Waals surface area contributed by atoms with Crippen molar-refractivity contribution < 1.29 is 17.9 Å². The van der Waals surface area contributed by atoms with Gasteiger partial charge >= 0.3 is 5.97 Å². The Labute approximate surface area is 168 Å². The molecule has 0 bridgehead atoms. The molecule has 0 atom stereocenters. The van der Waals surface area contributed by atoms with Crippen LogP contribution < -0.4 is 5.56 Å². The lowest BCUT2D eigenvalue weighted by atomic mass is 10.1. The fourth-order valence-electron chi connectivity index (χ4n) is 3.56. The average molecular weight is 414 g/mol. The van der Waals surface area contributed by atoms with Gasteiger partial charge in [-0.25, -0.2) is 13.2 Å². The highest BCUT2D eigenvalue weighted by Crippen LogP contribution is 2.34. The number of methoxy groups -OCH3 is 1. The van der Waals surface area contributed by atoms with E-state index in [0.29, 0.717) is 12.3 Å². The van der Waals surface area contributed by atoms with E-state index in [2.05, 4.69) is 4.98 Å². The van der Waals surface area contributed by atoms with Gasteiger partial charge < -0.3 is 9.72 Å². The van der Waals surface area contributed by atoms with Crippen molar-refractivity contribution in [1.82, 2.24) is 9.55 Å². The number of rotatable bonds is 6. The first-order valence-corrected chi connectivity index (χ1v) is 11.0. The van der Waals surface area contributed by atoms with Crippen molar-refractivity contribution in [3.63, 3.8) is 0 Å². The topological polar surface area (TPSA) is 98.2 Å². The number of ether oxygens (including phenoxy) is 1. The molecule has 152 valence electrons. The fraction of sp³-hybridized carbons (Fsp3) is 0.333. The van der Waals surface area contributed by atoms with Gasteiger partial charge in [0.15, 0.2) is 5.03 Å². The van der Waals surface area contributed by atoms with Crippen LogP contribution in [-0.2, 0) is 21.1 Å². The summed E-state index contributed by atoms with van der Waals surface area (Å²) in [6.07, 6.45) is 4.35. The van der Waals surface area contributed by atoms with Crippen molar-refractivity contribution in [2.45, 2.75) is 42.7 Å². The zero-order valence-electron chi connectivity index (χ0n) is 16.3. The molecule has 29 heavy (non-hydrogen) atoms. The van der Waals surface area contributed by atoms with Gasteiger partial charge in [0, 0.05) is 18.1 Å². The van der Waals surface area contributed by atoms with Crippen LogP contribution >= 0.6 is 0 Å². The van der Waals surface area contributed by atoms with Crippen LogP contribution in [0.25, 0.3) is 10.9 Å². The van der Waals surface area contributed by atoms with E-state index in [0.717, 1.165) is 18.4 Å². The first kappa shape index (κ1) is 19.4. The molecule has 0 aliphatic heterocycles. The standard InChI is InChI=1S/C21H22N2O5S/c1-13-3-7-15(8-4-13)29(26,27)20-17(21(25)28-2)16-9-11-22-18(16)19(24)23(20)12-10-14-5-6-14/h3-4,7-9,11,14,22H,5-6,10,12H2,1-2H3. The molecule has 3 aromatic rings. The second-order valence-corrected chi connectivity index (χ2v) is 9.31. The highest BCUT2D eigenvalue weighted by molar-refractivity contribution is 7.91. The Kier molecular flexibility index (Phi) is 4.82. The van der Waals surface area contributed by atoms with Crippen LogP contribution in [0.1, 0.15) is 35.2 Å². The van der Waals surface area contributed by atoms with Gasteiger partial charge in [-0.1, -0.05) is 30.5 Å². The molecule has 2 aromatic heterocycles. The van der Waals surface area contributed by atoms with Crippen molar-refractivity contribution in [3.05, 3.63) is 58.0 Å². The molecule has 0 unspecified atom stereocenters. The summed E-state index contributed by atoms with van der Waals surface area (Å²) in [5, 5.41) is -0.0545. The number of benzene rings is 1. The molecule has 2 heterocycles. The van der Waals surface area contributed by atoms with Gasteiger partial charge in [0.1, 0.15) is 11.1 Å². The summed E-state index contributed by atoms with van der Waals surface area (Å²) in [6.45, 7) is 2.08. The maximum atomic E-state index is 13.6. The lowest BCUT2D eigenvalue weighted by molar-refractivity contribution is 0.0596. The number of pyridine rings is 1. The summed E-state index contributed by atoms with van der Waals surface area (Å²) in [7, 11) is -2.95. The summed E-state index contributed by atoms with van der Waals surface area (Å²) >= 11 is 0. The molecule has 1 N–H and O–H groups in total. The Morgan fingerprint density at radius 2 is 1.90 bits per heavy atom. The maximum Gasteiger partial charge on any atom is 0.341 e. The number of nitrogens with zero attached hydrogens (tertiary/aromatic N) is 1. The van der Waals surface area contributed by atoms with Gasteiger partial charge in [0.25, 0.3) is 5.56 Å². The number of carbonyl (C=O) groups excluding carboxylic acids is 1. The largest absolute Gasteiger partial charge is 0.465 e. The Hall–Kier alpha value is -2.87. The van der Waals surface area contributed by atoms with E-state index in [-0.39, 0.29) is 32.9 Å². The number of fused-ring (bicyclic) bond motifs is 1. The number of hydrogen-bond acceptors (Lipinski definition) is 5. The van der Waals surface area contributed by atoms with Crippen LogP contribution in [0.15, 0.2) is 51.2 Å². The van der Waals surface area contributed by atoms with Gasteiger partial charge in [0.05, 0.1) is 12.0 Å². The number of H-pyrrole nitrogens is 1. The van der Waals surface area contributed by atoms with Crippen molar-refractivity contribution in [2.75, 3.05) is 7.11 Å². The number of aromatic amines is 1. The molecule has 0 amide bonds. The van der Waals surface area contributed by atoms with Crippen LogP contribution in [-0.4, -0.2) is 31.0 Å². The Balaban J connectivity index is 2.05. The molecule has 4 rings (SSSR count). The lowest BCUT2D eigenvalue weighted by Crippen LogP contribution is -2.30. The number of sulfone groups is 1. The van der Waals surface area contributed by atoms with E-state index in [1.54, 1.807) is 12.1 Å². The average Bonchev–Trinajstić information content (AvgIpc) is 3.40. The van der Waals surface area contributed by atoms with Crippen molar-refractivity contribution in [2.24, 2.45) is 5.92 Å². The minimum Gasteiger partial charge on any atom is -0.465 e. The number of carbonyl (C=O) groups is 1. The molecule has 1 aliphatic rings. The van der Waals surface area contributed by atoms with Crippen LogP contribution in [0.5, 0.6) is 0 Å². The number of aryl methyl sites for hydroxylation is 1. The van der Waals surface area contributed by atoms with Gasteiger partial charge in [-0.05, 0) is 37.5 Å². The summed E-state index contributed by atoms with van der Waals surface area (Å²) in [6, 6.07) is 7.88. The maximum absolute atomic E-state index is 13.6. The van der Waals surface area contributed by atoms with Crippen LogP contribution in [0.2, 0.25) is 0 Å². The van der Waals surface area contributed by atoms with E-state index in [1.165, 1.54) is 36.1 Å². The van der Waals surface area contributed by atoms with E-state index in [1.807, 2.05) is 6.92 Å². The summed E-state index contributed by atoms with van der Waals surface area (Å²) in [5.74, 6) is -0.307. The Morgan fingerprint density at radius 1 is 1.21 bits per heavy atom. The van der Waals surface area contributed by atoms with Crippen molar-refractivity contribution in [3.8, 4) is 0 Å². The zero-order chi connectivity index (χ0) is 20.8. The molecular formula is C21H22N2O5S. The number of nitrogens with one attached hydrogen (secondary N) is 1. The third-order valence-corrected chi connectivity index (χ3v) is 7.19. The SMILES string of the molecule is COC(=O)c1c(S(=O)(=O)c2ccc(C)cc2)n(CCC2CC2)c(=O)c2[nH]ccc12. The minimum absolute atomic E-state index is 0.0303. The Bertz CT molecular complexity index is 1250. The highest BCUT2D eigenvalue weighted by atomic mass is 32.2. The quantitative estimate of drug-likeness (QED) is 0.625. The third kappa shape index (κ3) is 3.37. The second kappa shape index (κ2) is 7.18. The van der Waals surface area contributed by atoms with E-state index < -0.39 is 21.4 Å². The predicted molar refractivity (Wildman–Crippen MR) is 108 cm³/mol. The van der Waals surface area contributed by atoms with Crippen LogP contribution in [0, 0.1) is 12.8 Å². The number of aromatic nitrogens is 2. The normalized spacial score (nSPS) is 14.3. The molecule has 1 aromatic carbocycles. The van der Waals surface area contributed by atoms with Crippen molar-refractivity contribution >= 4 is 26.7 Å². The molecule has 1 aliphatic carbocycles. The molecule has 7 nitrogen and oxygen atoms in total. The fourth-order valence-corrected chi connectivity index (χ4v) is 5.21. The minimum atomic E-state index is -4.14. The summed E-state index contributed by atoms with van der Waals surface area (Å²) in [4.78, 5) is 28.7. The van der Waals surface area contributed by atoms with Gasteiger partial charge in [-0.3, -0.25) is 9.36 Å². The van der Waals surface area contributed by atoms with E-state index >= 15 is 0 Å². The molecule has 0 spiro atoms. The number of hydrogen-bond donors (Lipinski definition) is 1. The first-order valence-electron chi connectivity index (χ1n) is 9.48. The van der Waals surface area contributed by atoms with Crippen LogP contribution in [0.4, 0.5) is 0 Å².